The van der Waals surface area contributed by atoms with E-state index in [1.54, 1.807) is 0 Å². The number of para-hydroxylation sites is 1. The molecule has 0 saturated heterocycles. The molecule has 3 aromatic carbocycles. The van der Waals surface area contributed by atoms with Crippen molar-refractivity contribution in [2.75, 3.05) is 5.73 Å². The average Bonchev–Trinajstić information content (AvgIpc) is 2.56. The molecule has 0 fully saturated rings. The lowest BCUT2D eigenvalue weighted by molar-refractivity contribution is 0.308. The van der Waals surface area contributed by atoms with Crippen LogP contribution in [-0.4, -0.2) is 0 Å². The summed E-state index contributed by atoms with van der Waals surface area (Å²) in [5, 5.41) is 0. The van der Waals surface area contributed by atoms with Crippen LogP contribution >= 0.6 is 0 Å². The largest absolute Gasteiger partial charge is 0.487 e. The molecular formula is C19H17NO. The smallest absolute Gasteiger partial charge is 0.143 e. The van der Waals surface area contributed by atoms with Gasteiger partial charge in [-0.15, -0.1) is 0 Å². The van der Waals surface area contributed by atoms with E-state index in [0.717, 1.165) is 22.4 Å². The van der Waals surface area contributed by atoms with Crippen LogP contribution in [0.1, 0.15) is 5.56 Å². The highest BCUT2D eigenvalue weighted by molar-refractivity contribution is 5.80. The molecule has 0 saturated carbocycles. The van der Waals surface area contributed by atoms with Crippen molar-refractivity contribution in [1.29, 1.82) is 0 Å². The summed E-state index contributed by atoms with van der Waals surface area (Å²) in [6.07, 6.45) is 0. The number of hydrogen-bond donors (Lipinski definition) is 1. The van der Waals surface area contributed by atoms with Crippen molar-refractivity contribution in [3.63, 3.8) is 0 Å². The summed E-state index contributed by atoms with van der Waals surface area (Å²) in [6, 6.07) is 26.1. The van der Waals surface area contributed by atoms with E-state index >= 15 is 0 Å². The SMILES string of the molecule is Nc1c(OCc2ccccc2)cccc1-c1ccccc1. The van der Waals surface area contributed by atoms with E-state index in [0.29, 0.717) is 12.3 Å². The predicted molar refractivity (Wildman–Crippen MR) is 87.1 cm³/mol. The molecule has 0 atom stereocenters. The topological polar surface area (TPSA) is 35.2 Å². The minimum absolute atomic E-state index is 0.517. The van der Waals surface area contributed by atoms with E-state index in [-0.39, 0.29) is 0 Å². The molecule has 2 nitrogen and oxygen atoms in total. The lowest BCUT2D eigenvalue weighted by atomic mass is 10.0. The Hall–Kier alpha value is -2.74. The Morgan fingerprint density at radius 2 is 1.38 bits per heavy atom. The first-order chi connectivity index (χ1) is 10.3. The first-order valence-electron chi connectivity index (χ1n) is 6.95. The van der Waals surface area contributed by atoms with Gasteiger partial charge in [0.05, 0.1) is 5.69 Å². The minimum atomic E-state index is 0.517. The molecule has 3 aromatic rings. The Kier molecular flexibility index (Phi) is 3.88. The van der Waals surface area contributed by atoms with E-state index < -0.39 is 0 Å². The van der Waals surface area contributed by atoms with Gasteiger partial charge in [0, 0.05) is 5.56 Å². The van der Waals surface area contributed by atoms with E-state index in [1.807, 2.05) is 78.9 Å². The Balaban J connectivity index is 1.84. The molecule has 0 aliphatic carbocycles. The van der Waals surface area contributed by atoms with Crippen LogP contribution in [0.15, 0.2) is 78.9 Å². The van der Waals surface area contributed by atoms with Crippen molar-refractivity contribution < 1.29 is 4.74 Å². The minimum Gasteiger partial charge on any atom is -0.487 e. The monoisotopic (exact) mass is 275 g/mol. The molecule has 0 radical (unpaired) electrons. The van der Waals surface area contributed by atoms with Crippen LogP contribution in [0.25, 0.3) is 11.1 Å². The van der Waals surface area contributed by atoms with E-state index in [9.17, 15) is 0 Å². The highest BCUT2D eigenvalue weighted by Crippen LogP contribution is 2.33. The van der Waals surface area contributed by atoms with Crippen LogP contribution in [0.2, 0.25) is 0 Å². The third kappa shape index (κ3) is 3.06. The van der Waals surface area contributed by atoms with Gasteiger partial charge in [-0.3, -0.25) is 0 Å². The molecule has 3 rings (SSSR count). The molecule has 0 heterocycles. The molecule has 21 heavy (non-hydrogen) atoms. The molecule has 0 spiro atoms. The first kappa shape index (κ1) is 13.3. The third-order valence-corrected chi connectivity index (χ3v) is 3.39. The Bertz CT molecular complexity index is 708. The van der Waals surface area contributed by atoms with Crippen LogP contribution < -0.4 is 10.5 Å². The van der Waals surface area contributed by atoms with Crippen LogP contribution in [0.5, 0.6) is 5.75 Å². The number of ether oxygens (including phenoxy) is 1. The van der Waals surface area contributed by atoms with Crippen molar-refractivity contribution in [1.82, 2.24) is 0 Å². The van der Waals surface area contributed by atoms with Gasteiger partial charge in [0.15, 0.2) is 0 Å². The molecule has 0 aliphatic heterocycles. The van der Waals surface area contributed by atoms with Gasteiger partial charge in [0.2, 0.25) is 0 Å². The number of hydrogen-bond acceptors (Lipinski definition) is 2. The van der Waals surface area contributed by atoms with Crippen LogP contribution in [0, 0.1) is 0 Å². The Labute approximate surface area is 124 Å². The molecule has 2 heteroatoms. The highest BCUT2D eigenvalue weighted by Gasteiger charge is 2.07. The normalized spacial score (nSPS) is 10.3. The van der Waals surface area contributed by atoms with Gasteiger partial charge in [0.25, 0.3) is 0 Å². The first-order valence-corrected chi connectivity index (χ1v) is 6.95. The van der Waals surface area contributed by atoms with E-state index in [1.165, 1.54) is 0 Å². The number of rotatable bonds is 4. The average molecular weight is 275 g/mol. The molecule has 0 unspecified atom stereocenters. The van der Waals surface area contributed by atoms with Gasteiger partial charge in [-0.05, 0) is 17.2 Å². The molecule has 0 amide bonds. The zero-order chi connectivity index (χ0) is 14.5. The van der Waals surface area contributed by atoms with Crippen molar-refractivity contribution in [2.45, 2.75) is 6.61 Å². The fourth-order valence-corrected chi connectivity index (χ4v) is 2.27. The van der Waals surface area contributed by atoms with Crippen molar-refractivity contribution in [3.8, 4) is 16.9 Å². The van der Waals surface area contributed by atoms with Gasteiger partial charge in [-0.1, -0.05) is 72.8 Å². The molecule has 0 bridgehead atoms. The summed E-state index contributed by atoms with van der Waals surface area (Å²) in [5.74, 6) is 0.722. The number of nitrogen functional groups attached to an aromatic ring is 1. The quantitative estimate of drug-likeness (QED) is 0.711. The highest BCUT2D eigenvalue weighted by atomic mass is 16.5. The van der Waals surface area contributed by atoms with Gasteiger partial charge < -0.3 is 10.5 Å². The molecule has 0 aliphatic rings. The number of anilines is 1. The van der Waals surface area contributed by atoms with E-state index in [2.05, 4.69) is 0 Å². The fraction of sp³-hybridized carbons (Fsp3) is 0.0526. The second-order valence-electron chi connectivity index (χ2n) is 4.86. The van der Waals surface area contributed by atoms with E-state index in [4.69, 9.17) is 10.5 Å². The zero-order valence-corrected chi connectivity index (χ0v) is 11.7. The summed E-state index contributed by atoms with van der Waals surface area (Å²) in [7, 11) is 0. The number of benzene rings is 3. The maximum Gasteiger partial charge on any atom is 0.143 e. The second-order valence-corrected chi connectivity index (χ2v) is 4.86. The molecule has 104 valence electrons. The maximum atomic E-state index is 6.25. The van der Waals surface area contributed by atoms with Crippen LogP contribution in [0.4, 0.5) is 5.69 Å². The van der Waals surface area contributed by atoms with Gasteiger partial charge in [0.1, 0.15) is 12.4 Å². The Morgan fingerprint density at radius 3 is 2.10 bits per heavy atom. The number of nitrogens with two attached hydrogens (primary N) is 1. The summed E-state index contributed by atoms with van der Waals surface area (Å²) in [5.41, 5.74) is 10.2. The summed E-state index contributed by atoms with van der Waals surface area (Å²) < 4.78 is 5.86. The van der Waals surface area contributed by atoms with Crippen molar-refractivity contribution in [3.05, 3.63) is 84.4 Å². The molecule has 2 N–H and O–H groups in total. The summed E-state index contributed by atoms with van der Waals surface area (Å²) in [4.78, 5) is 0. The lowest BCUT2D eigenvalue weighted by Crippen LogP contribution is -2.00. The standard InChI is InChI=1S/C19H17NO/c20-19-17(16-10-5-2-6-11-16)12-7-13-18(19)21-14-15-8-3-1-4-9-15/h1-13H,14,20H2. The summed E-state index contributed by atoms with van der Waals surface area (Å²) in [6.45, 7) is 0.517. The summed E-state index contributed by atoms with van der Waals surface area (Å²) >= 11 is 0. The third-order valence-electron chi connectivity index (χ3n) is 3.39. The Morgan fingerprint density at radius 1 is 0.714 bits per heavy atom. The second kappa shape index (κ2) is 6.14. The van der Waals surface area contributed by atoms with Crippen molar-refractivity contribution in [2.24, 2.45) is 0 Å². The lowest BCUT2D eigenvalue weighted by Gasteiger charge is -2.12. The van der Waals surface area contributed by atoms with Crippen LogP contribution in [0.3, 0.4) is 0 Å². The van der Waals surface area contributed by atoms with Crippen molar-refractivity contribution >= 4 is 5.69 Å². The zero-order valence-electron chi connectivity index (χ0n) is 11.7. The van der Waals surface area contributed by atoms with Gasteiger partial charge in [-0.25, -0.2) is 0 Å². The predicted octanol–water partition coefficient (Wildman–Crippen LogP) is 4.51. The maximum absolute atomic E-state index is 6.25. The molecular weight excluding hydrogens is 258 g/mol. The van der Waals surface area contributed by atoms with Gasteiger partial charge >= 0.3 is 0 Å². The van der Waals surface area contributed by atoms with Crippen LogP contribution in [-0.2, 0) is 6.61 Å². The molecule has 0 aromatic heterocycles. The fourth-order valence-electron chi connectivity index (χ4n) is 2.27. The van der Waals surface area contributed by atoms with Gasteiger partial charge in [-0.2, -0.15) is 0 Å².